The van der Waals surface area contributed by atoms with Crippen LogP contribution < -0.4 is 5.73 Å². The van der Waals surface area contributed by atoms with Crippen LogP contribution in [-0.4, -0.2) is 47.5 Å². The normalized spacial score (nSPS) is 27.7. The molecule has 86 valence electrons. The fourth-order valence-electron chi connectivity index (χ4n) is 2.39. The number of nitrogens with two attached hydrogens (primary N) is 1. The van der Waals surface area contributed by atoms with Gasteiger partial charge in [0.15, 0.2) is 0 Å². The third-order valence-electron chi connectivity index (χ3n) is 3.67. The van der Waals surface area contributed by atoms with Crippen LogP contribution in [0.4, 0.5) is 4.79 Å². The van der Waals surface area contributed by atoms with Gasteiger partial charge < -0.3 is 15.5 Å². The molecule has 4 nitrogen and oxygen atoms in total. The van der Waals surface area contributed by atoms with Gasteiger partial charge in [-0.25, -0.2) is 4.79 Å². The van der Waals surface area contributed by atoms with Gasteiger partial charge in [-0.3, -0.25) is 0 Å². The van der Waals surface area contributed by atoms with Gasteiger partial charge in [-0.05, 0) is 25.7 Å². The molecule has 2 aliphatic heterocycles. The van der Waals surface area contributed by atoms with Crippen LogP contribution in [0.25, 0.3) is 0 Å². The van der Waals surface area contributed by atoms with Crippen LogP contribution in [0.5, 0.6) is 0 Å². The van der Waals surface area contributed by atoms with Crippen molar-refractivity contribution in [3.8, 4) is 0 Å². The highest BCUT2D eigenvalue weighted by molar-refractivity contribution is 5.75. The lowest BCUT2D eigenvalue weighted by molar-refractivity contribution is 0.0762. The van der Waals surface area contributed by atoms with Crippen LogP contribution in [0.3, 0.4) is 0 Å². The maximum Gasteiger partial charge on any atom is 0.320 e. The first-order valence-corrected chi connectivity index (χ1v) is 6.03. The monoisotopic (exact) mass is 211 g/mol. The molecule has 0 aliphatic carbocycles. The summed E-state index contributed by atoms with van der Waals surface area (Å²) in [6.45, 7) is 4.77. The van der Waals surface area contributed by atoms with Gasteiger partial charge in [-0.15, -0.1) is 0 Å². The van der Waals surface area contributed by atoms with Crippen molar-refractivity contribution in [3.63, 3.8) is 0 Å². The molecule has 0 bridgehead atoms. The van der Waals surface area contributed by atoms with E-state index in [1.165, 1.54) is 6.42 Å². The number of likely N-dealkylation sites (tertiary alicyclic amines) is 2. The number of nitrogens with zero attached hydrogens (tertiary/aromatic N) is 2. The third kappa shape index (κ3) is 2.09. The minimum Gasteiger partial charge on any atom is -0.328 e. The Bertz CT molecular complexity index is 234. The Hall–Kier alpha value is -0.770. The Labute approximate surface area is 91.4 Å². The van der Waals surface area contributed by atoms with Gasteiger partial charge in [0.05, 0.1) is 0 Å². The van der Waals surface area contributed by atoms with E-state index in [-0.39, 0.29) is 6.03 Å². The highest BCUT2D eigenvalue weighted by atomic mass is 16.2. The highest BCUT2D eigenvalue weighted by Gasteiger charge is 2.34. The van der Waals surface area contributed by atoms with Crippen LogP contribution in [0, 0.1) is 0 Å². The maximum absolute atomic E-state index is 12.1. The Kier molecular flexibility index (Phi) is 3.14. The molecule has 2 saturated heterocycles. The Balaban J connectivity index is 1.85. The maximum atomic E-state index is 12.1. The highest BCUT2D eigenvalue weighted by Crippen LogP contribution is 2.23. The van der Waals surface area contributed by atoms with E-state index in [1.54, 1.807) is 0 Å². The zero-order chi connectivity index (χ0) is 10.8. The Morgan fingerprint density at radius 1 is 1.27 bits per heavy atom. The molecule has 2 fully saturated rings. The molecule has 1 atom stereocenters. The van der Waals surface area contributed by atoms with Gasteiger partial charge in [0, 0.05) is 31.7 Å². The number of amides is 2. The quantitative estimate of drug-likeness (QED) is 0.704. The molecule has 0 aromatic heterocycles. The zero-order valence-corrected chi connectivity index (χ0v) is 9.48. The predicted molar refractivity (Wildman–Crippen MR) is 59.6 cm³/mol. The van der Waals surface area contributed by atoms with Crippen molar-refractivity contribution >= 4 is 6.03 Å². The average Bonchev–Trinajstić information content (AvgIpc) is 2.17. The summed E-state index contributed by atoms with van der Waals surface area (Å²) in [4.78, 5) is 16.0. The lowest BCUT2D eigenvalue weighted by Gasteiger charge is -2.44. The van der Waals surface area contributed by atoms with Crippen molar-refractivity contribution in [1.82, 2.24) is 9.80 Å². The van der Waals surface area contributed by atoms with Crippen molar-refractivity contribution < 1.29 is 4.79 Å². The number of rotatable bonds is 1. The summed E-state index contributed by atoms with van der Waals surface area (Å²) in [6, 6.07) is 1.03. The molecule has 2 heterocycles. The summed E-state index contributed by atoms with van der Waals surface area (Å²) in [5.74, 6) is 0. The number of carbonyl (C=O) groups is 1. The van der Waals surface area contributed by atoms with Gasteiger partial charge >= 0.3 is 6.03 Å². The minimum atomic E-state index is 0.236. The van der Waals surface area contributed by atoms with Crippen LogP contribution >= 0.6 is 0 Å². The van der Waals surface area contributed by atoms with Crippen LogP contribution in [0.2, 0.25) is 0 Å². The number of hydrogen-bond acceptors (Lipinski definition) is 2. The van der Waals surface area contributed by atoms with Crippen molar-refractivity contribution in [3.05, 3.63) is 0 Å². The first-order chi connectivity index (χ1) is 7.22. The van der Waals surface area contributed by atoms with Crippen molar-refractivity contribution in [2.75, 3.05) is 19.6 Å². The van der Waals surface area contributed by atoms with Gasteiger partial charge in [0.1, 0.15) is 0 Å². The fraction of sp³-hybridized carbons (Fsp3) is 0.909. The first kappa shape index (κ1) is 10.7. The van der Waals surface area contributed by atoms with E-state index in [4.69, 9.17) is 5.73 Å². The number of urea groups is 1. The number of piperidine rings is 1. The topological polar surface area (TPSA) is 49.6 Å². The van der Waals surface area contributed by atoms with Gasteiger partial charge in [-0.1, -0.05) is 6.92 Å². The molecule has 0 aromatic carbocycles. The molecule has 0 aromatic rings. The van der Waals surface area contributed by atoms with Gasteiger partial charge in [0.2, 0.25) is 0 Å². The molecule has 0 saturated carbocycles. The van der Waals surface area contributed by atoms with E-state index >= 15 is 0 Å². The molecule has 0 radical (unpaired) electrons. The Morgan fingerprint density at radius 3 is 2.40 bits per heavy atom. The standard InChI is InChI=1S/C11H21N3O/c1-2-10-5-8-14(10)11(15)13-6-3-9(12)4-7-13/h9-10H,2-8,12H2,1H3. The number of carbonyl (C=O) groups excluding carboxylic acids is 1. The van der Waals surface area contributed by atoms with Crippen LogP contribution in [0.1, 0.15) is 32.6 Å². The zero-order valence-electron chi connectivity index (χ0n) is 9.48. The molecule has 2 aliphatic rings. The van der Waals surface area contributed by atoms with Crippen molar-refractivity contribution in [2.45, 2.75) is 44.7 Å². The van der Waals surface area contributed by atoms with Gasteiger partial charge in [0.25, 0.3) is 0 Å². The SMILES string of the molecule is CCC1CCN1C(=O)N1CCC(N)CC1. The molecule has 0 spiro atoms. The van der Waals surface area contributed by atoms with Gasteiger partial charge in [-0.2, -0.15) is 0 Å². The van der Waals surface area contributed by atoms with Crippen LogP contribution in [0.15, 0.2) is 0 Å². The second-order valence-electron chi connectivity index (χ2n) is 4.65. The van der Waals surface area contributed by atoms with E-state index in [9.17, 15) is 4.79 Å². The molecular formula is C11H21N3O. The minimum absolute atomic E-state index is 0.236. The molecule has 2 amide bonds. The fourth-order valence-corrected chi connectivity index (χ4v) is 2.39. The second kappa shape index (κ2) is 4.39. The molecular weight excluding hydrogens is 190 g/mol. The summed E-state index contributed by atoms with van der Waals surface area (Å²) in [6.07, 6.45) is 4.17. The molecule has 2 N–H and O–H groups in total. The summed E-state index contributed by atoms with van der Waals surface area (Å²) in [5.41, 5.74) is 5.82. The van der Waals surface area contributed by atoms with E-state index in [2.05, 4.69) is 6.92 Å². The lowest BCUT2D eigenvalue weighted by atomic mass is 10.0. The smallest absolute Gasteiger partial charge is 0.320 e. The summed E-state index contributed by atoms with van der Waals surface area (Å²) in [7, 11) is 0. The van der Waals surface area contributed by atoms with Crippen LogP contribution in [-0.2, 0) is 0 Å². The molecule has 15 heavy (non-hydrogen) atoms. The summed E-state index contributed by atoms with van der Waals surface area (Å²) < 4.78 is 0. The van der Waals surface area contributed by atoms with E-state index < -0.39 is 0 Å². The van der Waals surface area contributed by atoms with Crippen molar-refractivity contribution in [1.29, 1.82) is 0 Å². The predicted octanol–water partition coefficient (Wildman–Crippen LogP) is 1.01. The van der Waals surface area contributed by atoms with Crippen molar-refractivity contribution in [2.24, 2.45) is 5.73 Å². The largest absolute Gasteiger partial charge is 0.328 e. The summed E-state index contributed by atoms with van der Waals surface area (Å²) in [5, 5.41) is 0. The Morgan fingerprint density at radius 2 is 1.93 bits per heavy atom. The third-order valence-corrected chi connectivity index (χ3v) is 3.67. The molecule has 4 heteroatoms. The lowest BCUT2D eigenvalue weighted by Crippen LogP contribution is -2.57. The molecule has 2 rings (SSSR count). The van der Waals surface area contributed by atoms with E-state index in [0.29, 0.717) is 12.1 Å². The van der Waals surface area contributed by atoms with E-state index in [1.807, 2.05) is 9.80 Å². The summed E-state index contributed by atoms with van der Waals surface area (Å²) >= 11 is 0. The number of hydrogen-bond donors (Lipinski definition) is 1. The second-order valence-corrected chi connectivity index (χ2v) is 4.65. The van der Waals surface area contributed by atoms with E-state index in [0.717, 1.165) is 38.9 Å². The average molecular weight is 211 g/mol. The first-order valence-electron chi connectivity index (χ1n) is 6.03. The molecule has 1 unspecified atom stereocenters.